The van der Waals surface area contributed by atoms with E-state index < -0.39 is 15.9 Å². The van der Waals surface area contributed by atoms with E-state index in [9.17, 15) is 13.5 Å². The van der Waals surface area contributed by atoms with Crippen molar-refractivity contribution in [1.82, 2.24) is 4.98 Å². The van der Waals surface area contributed by atoms with E-state index >= 15 is 0 Å². The summed E-state index contributed by atoms with van der Waals surface area (Å²) in [7, 11) is -1.14. The van der Waals surface area contributed by atoms with Crippen LogP contribution in [0.5, 0.6) is 0 Å². The van der Waals surface area contributed by atoms with Crippen molar-refractivity contribution in [2.24, 2.45) is 0 Å². The van der Waals surface area contributed by atoms with Gasteiger partial charge < -0.3 is 10.0 Å². The molecule has 1 atom stereocenters. The maximum absolute atomic E-state index is 11.1. The van der Waals surface area contributed by atoms with Gasteiger partial charge >= 0.3 is 0 Å². The van der Waals surface area contributed by atoms with Crippen LogP contribution < -0.4 is 4.90 Å². The van der Waals surface area contributed by atoms with Crippen molar-refractivity contribution < 1.29 is 13.5 Å². The van der Waals surface area contributed by atoms with Gasteiger partial charge in [-0.25, -0.2) is 8.42 Å². The first kappa shape index (κ1) is 14.9. The number of sulfone groups is 1. The third-order valence-electron chi connectivity index (χ3n) is 2.74. The Morgan fingerprint density at radius 3 is 2.56 bits per heavy atom. The highest BCUT2D eigenvalue weighted by Crippen LogP contribution is 2.17. The van der Waals surface area contributed by atoms with Crippen molar-refractivity contribution in [3.8, 4) is 0 Å². The van der Waals surface area contributed by atoms with Crippen LogP contribution in [0.3, 0.4) is 0 Å². The Labute approximate surface area is 108 Å². The van der Waals surface area contributed by atoms with Crippen molar-refractivity contribution >= 4 is 15.5 Å². The fourth-order valence-corrected chi connectivity index (χ4v) is 2.07. The summed E-state index contributed by atoms with van der Waals surface area (Å²) in [4.78, 5) is 6.00. The monoisotopic (exact) mass is 272 g/mol. The van der Waals surface area contributed by atoms with E-state index in [0.717, 1.165) is 5.69 Å². The topological polar surface area (TPSA) is 70.5 Å². The van der Waals surface area contributed by atoms with Crippen LogP contribution >= 0.6 is 0 Å². The molecule has 1 aromatic rings. The molecule has 0 aliphatic carbocycles. The fraction of sp³-hybridized carbons (Fsp3) is 0.583. The van der Waals surface area contributed by atoms with Crippen LogP contribution in [0, 0.1) is 0 Å². The standard InChI is InChI=1S/C12H20N2O3S/c1-4-12(15)11-6-5-10(9-13-11)14(2)7-8-18(3,16)17/h5-6,9,12,15H,4,7-8H2,1-3H3/t12-/m0/s1. The second kappa shape index (κ2) is 6.15. The zero-order valence-corrected chi connectivity index (χ0v) is 11.8. The molecule has 0 saturated heterocycles. The molecule has 0 bridgehead atoms. The number of anilines is 1. The lowest BCUT2D eigenvalue weighted by atomic mass is 10.2. The minimum atomic E-state index is -2.95. The first-order valence-corrected chi connectivity index (χ1v) is 7.92. The molecule has 1 N–H and O–H groups in total. The molecule has 0 radical (unpaired) electrons. The summed E-state index contributed by atoms with van der Waals surface area (Å²) >= 11 is 0. The van der Waals surface area contributed by atoms with Crippen LogP contribution in [-0.2, 0) is 9.84 Å². The Hall–Kier alpha value is -1.14. The number of hydrogen-bond donors (Lipinski definition) is 1. The Kier molecular flexibility index (Phi) is 5.10. The van der Waals surface area contributed by atoms with Crippen molar-refractivity contribution in [3.05, 3.63) is 24.0 Å². The van der Waals surface area contributed by atoms with Gasteiger partial charge in [0.25, 0.3) is 0 Å². The molecule has 0 fully saturated rings. The summed E-state index contributed by atoms with van der Waals surface area (Å²) in [6.45, 7) is 2.31. The van der Waals surface area contributed by atoms with E-state index in [4.69, 9.17) is 0 Å². The van der Waals surface area contributed by atoms with Crippen molar-refractivity contribution in [3.63, 3.8) is 0 Å². The summed E-state index contributed by atoms with van der Waals surface area (Å²) in [5.41, 5.74) is 1.48. The van der Waals surface area contributed by atoms with Crippen LogP contribution in [0.25, 0.3) is 0 Å². The highest BCUT2D eigenvalue weighted by atomic mass is 32.2. The summed E-state index contributed by atoms with van der Waals surface area (Å²) < 4.78 is 22.1. The molecule has 1 rings (SSSR count). The fourth-order valence-electron chi connectivity index (χ4n) is 1.46. The molecule has 18 heavy (non-hydrogen) atoms. The number of aliphatic hydroxyl groups excluding tert-OH is 1. The Morgan fingerprint density at radius 1 is 1.44 bits per heavy atom. The minimum Gasteiger partial charge on any atom is -0.387 e. The normalized spacial score (nSPS) is 13.3. The summed E-state index contributed by atoms with van der Waals surface area (Å²) in [6.07, 6.45) is 2.95. The molecule has 0 aromatic carbocycles. The van der Waals surface area contributed by atoms with E-state index in [2.05, 4.69) is 4.98 Å². The zero-order valence-electron chi connectivity index (χ0n) is 11.0. The van der Waals surface area contributed by atoms with Gasteiger partial charge in [-0.1, -0.05) is 6.92 Å². The smallest absolute Gasteiger partial charge is 0.149 e. The third kappa shape index (κ3) is 4.62. The first-order chi connectivity index (χ1) is 8.33. The van der Waals surface area contributed by atoms with Gasteiger partial charge in [-0.05, 0) is 18.6 Å². The molecule has 0 amide bonds. The largest absolute Gasteiger partial charge is 0.387 e. The Morgan fingerprint density at radius 2 is 2.11 bits per heavy atom. The average Bonchev–Trinajstić information content (AvgIpc) is 2.34. The number of nitrogens with zero attached hydrogens (tertiary/aromatic N) is 2. The molecule has 0 spiro atoms. The lowest BCUT2D eigenvalue weighted by Gasteiger charge is -2.19. The van der Waals surface area contributed by atoms with Crippen molar-refractivity contribution in [2.45, 2.75) is 19.4 Å². The van der Waals surface area contributed by atoms with Crippen molar-refractivity contribution in [1.29, 1.82) is 0 Å². The quantitative estimate of drug-likeness (QED) is 0.836. The lowest BCUT2D eigenvalue weighted by molar-refractivity contribution is 0.169. The number of hydrogen-bond acceptors (Lipinski definition) is 5. The number of pyridine rings is 1. The van der Waals surface area contributed by atoms with Gasteiger partial charge in [-0.2, -0.15) is 0 Å². The molecular formula is C12H20N2O3S. The van der Waals surface area contributed by atoms with E-state index in [-0.39, 0.29) is 5.75 Å². The van der Waals surface area contributed by atoms with Gasteiger partial charge in [-0.3, -0.25) is 4.98 Å². The summed E-state index contributed by atoms with van der Waals surface area (Å²) in [6, 6.07) is 3.60. The molecular weight excluding hydrogens is 252 g/mol. The molecule has 5 nitrogen and oxygen atoms in total. The van der Waals surface area contributed by atoms with Crippen LogP contribution in [-0.4, -0.2) is 44.1 Å². The maximum Gasteiger partial charge on any atom is 0.149 e. The SMILES string of the molecule is CC[C@H](O)c1ccc(N(C)CCS(C)(=O)=O)cn1. The molecule has 0 aliphatic rings. The van der Waals surface area contributed by atoms with Gasteiger partial charge in [0.2, 0.25) is 0 Å². The van der Waals surface area contributed by atoms with Crippen LogP contribution in [0.15, 0.2) is 18.3 Å². The molecule has 0 saturated carbocycles. The predicted octanol–water partition coefficient (Wildman–Crippen LogP) is 1.01. The lowest BCUT2D eigenvalue weighted by Crippen LogP contribution is -2.25. The molecule has 0 aliphatic heterocycles. The molecule has 6 heteroatoms. The van der Waals surface area contributed by atoms with E-state index in [0.29, 0.717) is 18.7 Å². The highest BCUT2D eigenvalue weighted by Gasteiger charge is 2.09. The third-order valence-corrected chi connectivity index (χ3v) is 3.66. The predicted molar refractivity (Wildman–Crippen MR) is 72.5 cm³/mol. The van der Waals surface area contributed by atoms with Crippen molar-refractivity contribution in [2.75, 3.05) is 30.5 Å². The molecule has 0 unspecified atom stereocenters. The zero-order chi connectivity index (χ0) is 13.8. The molecule has 1 heterocycles. The van der Waals surface area contributed by atoms with Gasteiger partial charge in [0.1, 0.15) is 9.84 Å². The molecule has 1 aromatic heterocycles. The van der Waals surface area contributed by atoms with E-state index in [1.165, 1.54) is 6.26 Å². The molecule has 102 valence electrons. The van der Waals surface area contributed by atoms with Gasteiger partial charge in [0, 0.05) is 19.8 Å². The van der Waals surface area contributed by atoms with Gasteiger partial charge in [0.05, 0.1) is 29.4 Å². The number of rotatable bonds is 6. The van der Waals surface area contributed by atoms with E-state index in [1.807, 2.05) is 24.9 Å². The van der Waals surface area contributed by atoms with Crippen LogP contribution in [0.1, 0.15) is 25.1 Å². The number of aromatic nitrogens is 1. The van der Waals surface area contributed by atoms with Crippen LogP contribution in [0.2, 0.25) is 0 Å². The number of aliphatic hydroxyl groups is 1. The summed E-state index contributed by atoms with van der Waals surface area (Å²) in [5.74, 6) is 0.114. The van der Waals surface area contributed by atoms with Gasteiger partial charge in [-0.15, -0.1) is 0 Å². The highest BCUT2D eigenvalue weighted by molar-refractivity contribution is 7.90. The average molecular weight is 272 g/mol. The van der Waals surface area contributed by atoms with E-state index in [1.54, 1.807) is 12.3 Å². The summed E-state index contributed by atoms with van der Waals surface area (Å²) in [5, 5.41) is 9.61. The Bertz CT molecular complexity index is 471. The second-order valence-corrected chi connectivity index (χ2v) is 6.68. The Balaban J connectivity index is 2.67. The second-order valence-electron chi connectivity index (χ2n) is 4.42. The maximum atomic E-state index is 11.1. The van der Waals surface area contributed by atoms with Gasteiger partial charge in [0.15, 0.2) is 0 Å². The first-order valence-electron chi connectivity index (χ1n) is 5.86. The minimum absolute atomic E-state index is 0.114. The van der Waals surface area contributed by atoms with Crippen LogP contribution in [0.4, 0.5) is 5.69 Å².